The minimum Gasteiger partial charge on any atom is -0.363 e. The lowest BCUT2D eigenvalue weighted by Gasteiger charge is -2.37. The smallest absolute Gasteiger partial charge is 0.227 e. The molecule has 3 rings (SSSR count). The fourth-order valence-corrected chi connectivity index (χ4v) is 3.29. The molecule has 6 nitrogen and oxygen atoms in total. The SMILES string of the molecule is CN(C)c1ccnc(N(C)C2CCCN(CCc3ccccn3)C2)n1. The number of hydrogen-bond donors (Lipinski definition) is 0. The summed E-state index contributed by atoms with van der Waals surface area (Å²) in [5.74, 6) is 1.75. The number of aromatic nitrogens is 3. The summed E-state index contributed by atoms with van der Waals surface area (Å²) >= 11 is 0. The van der Waals surface area contributed by atoms with Crippen molar-refractivity contribution in [2.45, 2.75) is 25.3 Å². The number of nitrogens with zero attached hydrogens (tertiary/aromatic N) is 6. The normalized spacial score (nSPS) is 18.1. The van der Waals surface area contributed by atoms with Gasteiger partial charge in [0.15, 0.2) is 0 Å². The Kier molecular flexibility index (Phi) is 5.81. The third-order valence-corrected chi connectivity index (χ3v) is 4.84. The van der Waals surface area contributed by atoms with Gasteiger partial charge >= 0.3 is 0 Å². The maximum absolute atomic E-state index is 4.68. The lowest BCUT2D eigenvalue weighted by Crippen LogP contribution is -2.47. The molecule has 1 aliphatic rings. The molecule has 6 heteroatoms. The molecule has 0 radical (unpaired) electrons. The highest BCUT2D eigenvalue weighted by Gasteiger charge is 2.24. The predicted octanol–water partition coefficient (Wildman–Crippen LogP) is 2.08. The van der Waals surface area contributed by atoms with Gasteiger partial charge in [-0.1, -0.05) is 6.07 Å². The van der Waals surface area contributed by atoms with E-state index in [9.17, 15) is 0 Å². The van der Waals surface area contributed by atoms with E-state index in [-0.39, 0.29) is 0 Å². The molecule has 134 valence electrons. The van der Waals surface area contributed by atoms with Crippen molar-refractivity contribution in [2.24, 2.45) is 0 Å². The molecule has 1 fully saturated rings. The Morgan fingerprint density at radius 3 is 2.76 bits per heavy atom. The summed E-state index contributed by atoms with van der Waals surface area (Å²) in [6, 6.07) is 8.53. The van der Waals surface area contributed by atoms with Crippen LogP contribution in [0.1, 0.15) is 18.5 Å². The summed E-state index contributed by atoms with van der Waals surface area (Å²) in [7, 11) is 6.12. The van der Waals surface area contributed by atoms with Crippen molar-refractivity contribution in [2.75, 3.05) is 50.6 Å². The van der Waals surface area contributed by atoms with Crippen LogP contribution >= 0.6 is 0 Å². The largest absolute Gasteiger partial charge is 0.363 e. The summed E-state index contributed by atoms with van der Waals surface area (Å²) in [5, 5.41) is 0. The Balaban J connectivity index is 1.59. The van der Waals surface area contributed by atoms with Gasteiger partial charge in [0.2, 0.25) is 5.95 Å². The van der Waals surface area contributed by atoms with Crippen LogP contribution < -0.4 is 9.80 Å². The lowest BCUT2D eigenvalue weighted by molar-refractivity contribution is 0.207. The van der Waals surface area contributed by atoms with Gasteiger partial charge in [-0.25, -0.2) is 4.98 Å². The van der Waals surface area contributed by atoms with Gasteiger partial charge in [-0.15, -0.1) is 0 Å². The first-order valence-electron chi connectivity index (χ1n) is 8.99. The van der Waals surface area contributed by atoms with Gasteiger partial charge < -0.3 is 14.7 Å². The number of likely N-dealkylation sites (tertiary alicyclic amines) is 1. The number of pyridine rings is 1. The van der Waals surface area contributed by atoms with Crippen molar-refractivity contribution < 1.29 is 0 Å². The minimum absolute atomic E-state index is 0.454. The van der Waals surface area contributed by atoms with Gasteiger partial charge in [-0.2, -0.15) is 4.98 Å². The molecule has 0 bridgehead atoms. The van der Waals surface area contributed by atoms with E-state index >= 15 is 0 Å². The average molecular weight is 340 g/mol. The highest BCUT2D eigenvalue weighted by molar-refractivity contribution is 5.42. The Bertz CT molecular complexity index is 660. The van der Waals surface area contributed by atoms with E-state index in [2.05, 4.69) is 43.9 Å². The lowest BCUT2D eigenvalue weighted by atomic mass is 10.0. The third kappa shape index (κ3) is 4.66. The molecule has 0 amide bonds. The molecule has 0 N–H and O–H groups in total. The fraction of sp³-hybridized carbons (Fsp3) is 0.526. The van der Waals surface area contributed by atoms with Crippen LogP contribution in [0.25, 0.3) is 0 Å². The van der Waals surface area contributed by atoms with Crippen LogP contribution in [0, 0.1) is 0 Å². The maximum Gasteiger partial charge on any atom is 0.227 e. The van der Waals surface area contributed by atoms with Gasteiger partial charge in [0.05, 0.1) is 0 Å². The van der Waals surface area contributed by atoms with Gasteiger partial charge in [0.1, 0.15) is 5.82 Å². The number of likely N-dealkylation sites (N-methyl/N-ethyl adjacent to an activating group) is 1. The Hall–Kier alpha value is -2.21. The van der Waals surface area contributed by atoms with Crippen LogP contribution in [0.15, 0.2) is 36.7 Å². The van der Waals surface area contributed by atoms with E-state index in [1.807, 2.05) is 43.5 Å². The van der Waals surface area contributed by atoms with Crippen LogP contribution in [0.3, 0.4) is 0 Å². The van der Waals surface area contributed by atoms with Crippen molar-refractivity contribution in [1.29, 1.82) is 0 Å². The monoisotopic (exact) mass is 340 g/mol. The van der Waals surface area contributed by atoms with Gasteiger partial charge in [0.25, 0.3) is 0 Å². The van der Waals surface area contributed by atoms with Crippen molar-refractivity contribution in [3.8, 4) is 0 Å². The molecular weight excluding hydrogens is 312 g/mol. The summed E-state index contributed by atoms with van der Waals surface area (Å²) in [6.07, 6.45) is 7.12. The van der Waals surface area contributed by atoms with Crippen molar-refractivity contribution in [1.82, 2.24) is 19.9 Å². The van der Waals surface area contributed by atoms with Gasteiger partial charge in [0, 0.05) is 64.8 Å². The molecule has 3 heterocycles. The zero-order valence-electron chi connectivity index (χ0n) is 15.5. The van der Waals surface area contributed by atoms with E-state index in [0.29, 0.717) is 6.04 Å². The summed E-state index contributed by atoms with van der Waals surface area (Å²) < 4.78 is 0. The summed E-state index contributed by atoms with van der Waals surface area (Å²) in [5.41, 5.74) is 1.17. The second-order valence-corrected chi connectivity index (χ2v) is 6.89. The molecule has 1 saturated heterocycles. The molecule has 0 saturated carbocycles. The molecule has 2 aromatic rings. The second kappa shape index (κ2) is 8.25. The van der Waals surface area contributed by atoms with Crippen molar-refractivity contribution in [3.63, 3.8) is 0 Å². The molecule has 1 atom stereocenters. The standard InChI is InChI=1S/C19H28N6/c1-23(2)18-9-12-21-19(22-18)24(3)17-8-6-13-25(15-17)14-10-16-7-4-5-11-20-16/h4-5,7,9,11-12,17H,6,8,10,13-15H2,1-3H3. The molecule has 2 aromatic heterocycles. The van der Waals surface area contributed by atoms with Crippen LogP contribution in [-0.4, -0.2) is 66.7 Å². The fourth-order valence-electron chi connectivity index (χ4n) is 3.29. The second-order valence-electron chi connectivity index (χ2n) is 6.89. The average Bonchev–Trinajstić information content (AvgIpc) is 2.67. The predicted molar refractivity (Wildman–Crippen MR) is 102 cm³/mol. The summed E-state index contributed by atoms with van der Waals surface area (Å²) in [6.45, 7) is 3.27. The topological polar surface area (TPSA) is 48.4 Å². The Morgan fingerprint density at radius 1 is 1.12 bits per heavy atom. The van der Waals surface area contributed by atoms with Crippen LogP contribution in [0.2, 0.25) is 0 Å². The van der Waals surface area contributed by atoms with E-state index in [1.165, 1.54) is 18.5 Å². The zero-order valence-corrected chi connectivity index (χ0v) is 15.5. The van der Waals surface area contributed by atoms with Crippen molar-refractivity contribution >= 4 is 11.8 Å². The first-order chi connectivity index (χ1) is 12.1. The molecule has 0 aromatic carbocycles. The first-order valence-corrected chi connectivity index (χ1v) is 8.99. The number of hydrogen-bond acceptors (Lipinski definition) is 6. The molecule has 25 heavy (non-hydrogen) atoms. The highest BCUT2D eigenvalue weighted by Crippen LogP contribution is 2.20. The number of anilines is 2. The zero-order chi connectivity index (χ0) is 17.6. The molecule has 0 spiro atoms. The number of piperidine rings is 1. The van der Waals surface area contributed by atoms with Crippen molar-refractivity contribution in [3.05, 3.63) is 42.4 Å². The number of rotatable bonds is 6. The van der Waals surface area contributed by atoms with E-state index in [4.69, 9.17) is 0 Å². The third-order valence-electron chi connectivity index (χ3n) is 4.84. The maximum atomic E-state index is 4.68. The quantitative estimate of drug-likeness (QED) is 0.802. The van der Waals surface area contributed by atoms with Gasteiger partial charge in [-0.3, -0.25) is 4.98 Å². The van der Waals surface area contributed by atoms with Crippen LogP contribution in [0.5, 0.6) is 0 Å². The summed E-state index contributed by atoms with van der Waals surface area (Å²) in [4.78, 5) is 20.4. The van der Waals surface area contributed by atoms with Gasteiger partial charge in [-0.05, 0) is 37.6 Å². The van der Waals surface area contributed by atoms with Crippen LogP contribution in [0.4, 0.5) is 11.8 Å². The highest BCUT2D eigenvalue weighted by atomic mass is 15.3. The molecule has 1 unspecified atom stereocenters. The Morgan fingerprint density at radius 2 is 2.00 bits per heavy atom. The van der Waals surface area contributed by atoms with E-state index in [1.54, 1.807) is 0 Å². The molecule has 0 aliphatic carbocycles. The van der Waals surface area contributed by atoms with Crippen LogP contribution in [-0.2, 0) is 6.42 Å². The van der Waals surface area contributed by atoms with E-state index in [0.717, 1.165) is 37.8 Å². The Labute approximate surface area is 150 Å². The molecule has 1 aliphatic heterocycles. The van der Waals surface area contributed by atoms with E-state index < -0.39 is 0 Å². The molecular formula is C19H28N6. The minimum atomic E-state index is 0.454. The first kappa shape index (κ1) is 17.6.